The van der Waals surface area contributed by atoms with E-state index in [0.717, 1.165) is 11.1 Å². The summed E-state index contributed by atoms with van der Waals surface area (Å²) in [6.07, 6.45) is 0. The van der Waals surface area contributed by atoms with Crippen LogP contribution in [0.4, 0.5) is 0 Å². The van der Waals surface area contributed by atoms with Crippen LogP contribution in [0.2, 0.25) is 0 Å². The van der Waals surface area contributed by atoms with E-state index in [1.54, 1.807) is 6.07 Å². The smallest absolute Gasteiger partial charge is 0.335 e. The summed E-state index contributed by atoms with van der Waals surface area (Å²) in [5.41, 5.74) is 2.34. The second kappa shape index (κ2) is 7.09. The first-order valence-electron chi connectivity index (χ1n) is 7.87. The van der Waals surface area contributed by atoms with Crippen molar-refractivity contribution in [2.75, 3.05) is 0 Å². The molecule has 3 aromatic carbocycles. The third-order valence-corrected chi connectivity index (χ3v) is 3.64. The lowest BCUT2D eigenvalue weighted by molar-refractivity contribution is 0.0696. The van der Waals surface area contributed by atoms with Crippen LogP contribution in [0.3, 0.4) is 0 Å². The number of carbonyl (C=O) groups is 1. The van der Waals surface area contributed by atoms with Crippen molar-refractivity contribution < 1.29 is 19.4 Å². The van der Waals surface area contributed by atoms with Crippen LogP contribution in [0.25, 0.3) is 0 Å². The highest BCUT2D eigenvalue weighted by molar-refractivity contribution is 5.88. The van der Waals surface area contributed by atoms with Gasteiger partial charge in [0.25, 0.3) is 0 Å². The van der Waals surface area contributed by atoms with E-state index in [1.807, 2.05) is 62.4 Å². The SMILES string of the molecule is Cc1ccc(Oc2cc(Oc3ccc(C)cc3)cc(C(=O)O)c2)cc1. The molecule has 0 bridgehead atoms. The van der Waals surface area contributed by atoms with E-state index in [9.17, 15) is 9.90 Å². The maximum absolute atomic E-state index is 11.4. The van der Waals surface area contributed by atoms with Crippen LogP contribution in [0, 0.1) is 13.8 Å². The number of rotatable bonds is 5. The molecule has 0 aliphatic rings. The minimum atomic E-state index is -1.04. The lowest BCUT2D eigenvalue weighted by Crippen LogP contribution is -1.98. The van der Waals surface area contributed by atoms with Gasteiger partial charge in [-0.1, -0.05) is 35.4 Å². The second-order valence-corrected chi connectivity index (χ2v) is 5.83. The molecule has 4 heteroatoms. The molecule has 0 spiro atoms. The summed E-state index contributed by atoms with van der Waals surface area (Å²) in [7, 11) is 0. The van der Waals surface area contributed by atoms with Gasteiger partial charge in [-0.25, -0.2) is 4.79 Å². The molecule has 0 aliphatic carbocycles. The van der Waals surface area contributed by atoms with Crippen LogP contribution in [0.1, 0.15) is 21.5 Å². The Hall–Kier alpha value is -3.27. The molecule has 0 heterocycles. The molecule has 0 atom stereocenters. The van der Waals surface area contributed by atoms with Crippen LogP contribution in [0.5, 0.6) is 23.0 Å². The van der Waals surface area contributed by atoms with Gasteiger partial charge in [0.05, 0.1) is 5.56 Å². The summed E-state index contributed by atoms with van der Waals surface area (Å²) in [6.45, 7) is 3.98. The fourth-order valence-electron chi connectivity index (χ4n) is 2.30. The quantitative estimate of drug-likeness (QED) is 0.661. The van der Waals surface area contributed by atoms with Crippen molar-refractivity contribution in [1.82, 2.24) is 0 Å². The maximum Gasteiger partial charge on any atom is 0.335 e. The summed E-state index contributed by atoms with van der Waals surface area (Å²) in [4.78, 5) is 11.4. The van der Waals surface area contributed by atoms with E-state index >= 15 is 0 Å². The standard InChI is InChI=1S/C21H18O4/c1-14-3-7-17(8-4-14)24-19-11-16(21(22)23)12-20(13-19)25-18-9-5-15(2)6-10-18/h3-13H,1-2H3,(H,22,23). The van der Waals surface area contributed by atoms with Gasteiger partial charge in [0, 0.05) is 6.07 Å². The Morgan fingerprint density at radius 2 is 1.08 bits per heavy atom. The number of aromatic carboxylic acids is 1. The predicted molar refractivity (Wildman–Crippen MR) is 95.9 cm³/mol. The molecular weight excluding hydrogens is 316 g/mol. The average molecular weight is 334 g/mol. The van der Waals surface area contributed by atoms with Gasteiger partial charge in [-0.2, -0.15) is 0 Å². The van der Waals surface area contributed by atoms with Gasteiger partial charge in [-0.3, -0.25) is 0 Å². The zero-order valence-corrected chi connectivity index (χ0v) is 14.0. The van der Waals surface area contributed by atoms with Gasteiger partial charge in [-0.15, -0.1) is 0 Å². The van der Waals surface area contributed by atoms with Gasteiger partial charge in [0.1, 0.15) is 23.0 Å². The Morgan fingerprint density at radius 3 is 1.44 bits per heavy atom. The first-order chi connectivity index (χ1) is 12.0. The highest BCUT2D eigenvalue weighted by Gasteiger charge is 2.10. The molecule has 0 unspecified atom stereocenters. The van der Waals surface area contributed by atoms with Gasteiger partial charge in [0.2, 0.25) is 0 Å². The molecule has 126 valence electrons. The number of aryl methyl sites for hydroxylation is 2. The fourth-order valence-corrected chi connectivity index (χ4v) is 2.30. The Balaban J connectivity index is 1.89. The number of ether oxygens (including phenoxy) is 2. The molecule has 25 heavy (non-hydrogen) atoms. The highest BCUT2D eigenvalue weighted by atomic mass is 16.5. The highest BCUT2D eigenvalue weighted by Crippen LogP contribution is 2.30. The molecule has 0 aromatic heterocycles. The molecule has 0 radical (unpaired) electrons. The molecule has 0 aliphatic heterocycles. The summed E-state index contributed by atoms with van der Waals surface area (Å²) in [5.74, 6) is 1.05. The minimum absolute atomic E-state index is 0.103. The molecule has 0 saturated carbocycles. The van der Waals surface area contributed by atoms with Crippen molar-refractivity contribution in [3.05, 3.63) is 83.4 Å². The van der Waals surface area contributed by atoms with E-state index in [-0.39, 0.29) is 5.56 Å². The molecule has 3 aromatic rings. The zero-order chi connectivity index (χ0) is 17.8. The molecule has 1 N–H and O–H groups in total. The Labute approximate surface area is 146 Å². The van der Waals surface area contributed by atoms with Crippen LogP contribution in [-0.4, -0.2) is 11.1 Å². The van der Waals surface area contributed by atoms with Crippen molar-refractivity contribution in [1.29, 1.82) is 0 Å². The molecule has 0 fully saturated rings. The normalized spacial score (nSPS) is 10.3. The molecular formula is C21H18O4. The van der Waals surface area contributed by atoms with Gasteiger partial charge >= 0.3 is 5.97 Å². The fraction of sp³-hybridized carbons (Fsp3) is 0.0952. The molecule has 0 amide bonds. The summed E-state index contributed by atoms with van der Waals surface area (Å²) < 4.78 is 11.6. The van der Waals surface area contributed by atoms with E-state index in [0.29, 0.717) is 23.0 Å². The zero-order valence-electron chi connectivity index (χ0n) is 14.0. The predicted octanol–water partition coefficient (Wildman–Crippen LogP) is 5.59. The van der Waals surface area contributed by atoms with Crippen molar-refractivity contribution in [3.63, 3.8) is 0 Å². The first kappa shape index (κ1) is 16.6. The monoisotopic (exact) mass is 334 g/mol. The van der Waals surface area contributed by atoms with Crippen LogP contribution >= 0.6 is 0 Å². The van der Waals surface area contributed by atoms with Gasteiger partial charge in [-0.05, 0) is 50.2 Å². The van der Waals surface area contributed by atoms with Gasteiger partial charge in [0.15, 0.2) is 0 Å². The van der Waals surface area contributed by atoms with E-state index in [1.165, 1.54) is 12.1 Å². The van der Waals surface area contributed by atoms with Crippen LogP contribution in [0.15, 0.2) is 66.7 Å². The Kier molecular flexibility index (Phi) is 4.70. The number of carboxylic acids is 1. The molecule has 4 nitrogen and oxygen atoms in total. The topological polar surface area (TPSA) is 55.8 Å². The minimum Gasteiger partial charge on any atom is -0.478 e. The van der Waals surface area contributed by atoms with Crippen molar-refractivity contribution in [2.24, 2.45) is 0 Å². The van der Waals surface area contributed by atoms with Crippen LogP contribution < -0.4 is 9.47 Å². The first-order valence-corrected chi connectivity index (χ1v) is 7.87. The van der Waals surface area contributed by atoms with E-state index < -0.39 is 5.97 Å². The number of carboxylic acid groups (broad SMARTS) is 1. The van der Waals surface area contributed by atoms with Gasteiger partial charge < -0.3 is 14.6 Å². The maximum atomic E-state index is 11.4. The average Bonchev–Trinajstić information content (AvgIpc) is 2.59. The second-order valence-electron chi connectivity index (χ2n) is 5.83. The largest absolute Gasteiger partial charge is 0.478 e. The molecule has 3 rings (SSSR count). The number of benzene rings is 3. The van der Waals surface area contributed by atoms with Crippen molar-refractivity contribution in [3.8, 4) is 23.0 Å². The lowest BCUT2D eigenvalue weighted by atomic mass is 10.2. The van der Waals surface area contributed by atoms with Crippen LogP contribution in [-0.2, 0) is 0 Å². The van der Waals surface area contributed by atoms with Crippen molar-refractivity contribution >= 4 is 5.97 Å². The summed E-state index contributed by atoms with van der Waals surface area (Å²) in [6, 6.07) is 19.7. The number of hydrogen-bond donors (Lipinski definition) is 1. The molecule has 0 saturated heterocycles. The Bertz CT molecular complexity index is 815. The number of hydrogen-bond acceptors (Lipinski definition) is 3. The summed E-state index contributed by atoms with van der Waals surface area (Å²) in [5, 5.41) is 9.33. The van der Waals surface area contributed by atoms with E-state index in [2.05, 4.69) is 0 Å². The van der Waals surface area contributed by atoms with E-state index in [4.69, 9.17) is 9.47 Å². The lowest BCUT2D eigenvalue weighted by Gasteiger charge is -2.11. The third kappa shape index (κ3) is 4.38. The Morgan fingerprint density at radius 1 is 0.680 bits per heavy atom. The summed E-state index contributed by atoms with van der Waals surface area (Å²) >= 11 is 0. The third-order valence-electron chi connectivity index (χ3n) is 3.64. The van der Waals surface area contributed by atoms with Crippen molar-refractivity contribution in [2.45, 2.75) is 13.8 Å².